The minimum Gasteiger partial charge on any atom is -0.458 e. The molecule has 0 radical (unpaired) electrons. The van der Waals surface area contributed by atoms with Crippen LogP contribution in [-0.2, 0) is 34.7 Å². The second-order valence-corrected chi connectivity index (χ2v) is 11.5. The number of aliphatic hydroxyl groups is 2. The standard InChI is InChI=1S/C30H33FN6O5/c1-4-30(41)20-9-24-27-18(13-37(24)28(39)19(20)14-42-29(30)40)26-22(32-11-16-12-36(7-8-38)35(3)34-16)6-5-17-15(2)21(31)10-23(33-27)25(17)26/h9-10,12,22,32,34,38,41H,4-8,11,13-14H2,1-3H3/t22-,30-/m0/s1. The number of rotatable bonds is 6. The highest BCUT2D eigenvalue weighted by Gasteiger charge is 2.46. The molecule has 1 aliphatic carbocycles. The number of aromatic nitrogens is 2. The molecule has 0 saturated carbocycles. The quantitative estimate of drug-likeness (QED) is 0.251. The minimum absolute atomic E-state index is 0.0268. The fraction of sp³-hybridized carbons (Fsp3) is 0.433. The number of carbonyl (C=O) groups excluding carboxylic acids is 1. The first-order chi connectivity index (χ1) is 20.2. The Morgan fingerprint density at radius 3 is 2.83 bits per heavy atom. The predicted octanol–water partition coefficient (Wildman–Crippen LogP) is 1.60. The molecule has 42 heavy (non-hydrogen) atoms. The molecule has 12 heteroatoms. The van der Waals surface area contributed by atoms with Crippen molar-refractivity contribution in [1.82, 2.24) is 30.4 Å². The number of nitrogens with zero attached hydrogens (tertiary/aromatic N) is 4. The summed E-state index contributed by atoms with van der Waals surface area (Å²) >= 11 is 0. The van der Waals surface area contributed by atoms with E-state index in [1.54, 1.807) is 24.5 Å². The number of halogens is 1. The van der Waals surface area contributed by atoms with E-state index in [-0.39, 0.29) is 54.7 Å². The number of pyridine rings is 2. The van der Waals surface area contributed by atoms with E-state index in [1.165, 1.54) is 6.07 Å². The summed E-state index contributed by atoms with van der Waals surface area (Å²) < 4.78 is 22.0. The molecule has 4 N–H and O–H groups in total. The third-order valence-electron chi connectivity index (χ3n) is 9.24. The van der Waals surface area contributed by atoms with Gasteiger partial charge in [-0.25, -0.2) is 14.2 Å². The van der Waals surface area contributed by atoms with Gasteiger partial charge in [-0.15, -0.1) is 5.12 Å². The molecule has 7 rings (SSSR count). The largest absolute Gasteiger partial charge is 0.458 e. The van der Waals surface area contributed by atoms with E-state index in [0.717, 1.165) is 34.2 Å². The van der Waals surface area contributed by atoms with Crippen LogP contribution >= 0.6 is 0 Å². The summed E-state index contributed by atoms with van der Waals surface area (Å²) in [5.74, 6) is -1.09. The van der Waals surface area contributed by atoms with Crippen molar-refractivity contribution in [2.45, 2.75) is 57.9 Å². The van der Waals surface area contributed by atoms with Gasteiger partial charge in [0.05, 0.1) is 47.9 Å². The molecule has 1 aromatic carbocycles. The number of cyclic esters (lactones) is 1. The van der Waals surface area contributed by atoms with Crippen LogP contribution in [0.3, 0.4) is 0 Å². The number of nitrogens with one attached hydrogen (secondary N) is 2. The number of aliphatic hydroxyl groups excluding tert-OH is 1. The summed E-state index contributed by atoms with van der Waals surface area (Å²) in [6, 6.07) is 3.05. The van der Waals surface area contributed by atoms with Crippen molar-refractivity contribution in [1.29, 1.82) is 0 Å². The molecule has 0 spiro atoms. The second-order valence-electron chi connectivity index (χ2n) is 11.5. The van der Waals surface area contributed by atoms with E-state index in [2.05, 4.69) is 10.7 Å². The number of esters is 1. The molecular weight excluding hydrogens is 543 g/mol. The van der Waals surface area contributed by atoms with Crippen LogP contribution in [0, 0.1) is 12.7 Å². The van der Waals surface area contributed by atoms with Crippen molar-refractivity contribution in [2.75, 3.05) is 26.7 Å². The predicted molar refractivity (Wildman–Crippen MR) is 151 cm³/mol. The van der Waals surface area contributed by atoms with Crippen LogP contribution in [0.2, 0.25) is 0 Å². The second kappa shape index (κ2) is 9.60. The van der Waals surface area contributed by atoms with Gasteiger partial charge in [0.2, 0.25) is 0 Å². The van der Waals surface area contributed by atoms with E-state index in [1.807, 2.05) is 23.4 Å². The number of benzene rings is 1. The number of hydrazine groups is 2. The van der Waals surface area contributed by atoms with Crippen LogP contribution < -0.4 is 16.3 Å². The average Bonchev–Trinajstić information content (AvgIpc) is 3.53. The van der Waals surface area contributed by atoms with E-state index in [9.17, 15) is 19.8 Å². The number of ether oxygens (including phenoxy) is 1. The Hall–Kier alpha value is -3.84. The lowest BCUT2D eigenvalue weighted by Crippen LogP contribution is -2.44. The topological polar surface area (TPSA) is 132 Å². The molecule has 2 atom stereocenters. The molecule has 3 aromatic rings. The van der Waals surface area contributed by atoms with Crippen LogP contribution in [0.15, 0.2) is 28.8 Å². The maximum absolute atomic E-state index is 15.1. The summed E-state index contributed by atoms with van der Waals surface area (Å²) in [4.78, 5) is 31.3. The highest BCUT2D eigenvalue weighted by atomic mass is 19.1. The molecule has 4 aliphatic rings. The van der Waals surface area contributed by atoms with Crippen molar-refractivity contribution in [3.05, 3.63) is 73.6 Å². The van der Waals surface area contributed by atoms with Gasteiger partial charge in [0.15, 0.2) is 5.60 Å². The Morgan fingerprint density at radius 1 is 1.26 bits per heavy atom. The van der Waals surface area contributed by atoms with Gasteiger partial charge in [-0.3, -0.25) is 9.80 Å². The van der Waals surface area contributed by atoms with E-state index >= 15 is 4.39 Å². The van der Waals surface area contributed by atoms with Crippen molar-refractivity contribution in [3.63, 3.8) is 0 Å². The number of hydrogen-bond acceptors (Lipinski definition) is 10. The molecule has 5 heterocycles. The average molecular weight is 577 g/mol. The third-order valence-corrected chi connectivity index (χ3v) is 9.24. The van der Waals surface area contributed by atoms with E-state index in [0.29, 0.717) is 42.0 Å². The Kier molecular flexibility index (Phi) is 6.17. The first-order valence-electron chi connectivity index (χ1n) is 14.3. The van der Waals surface area contributed by atoms with Gasteiger partial charge in [-0.05, 0) is 48.9 Å². The fourth-order valence-electron chi connectivity index (χ4n) is 6.96. The number of aryl methyl sites for hydroxylation is 1. The Labute approximate surface area is 241 Å². The molecule has 220 valence electrons. The monoisotopic (exact) mass is 576 g/mol. The minimum atomic E-state index is -1.92. The molecular formula is C30H33FN6O5. The first-order valence-corrected chi connectivity index (χ1v) is 14.3. The van der Waals surface area contributed by atoms with Gasteiger partial charge in [-0.2, -0.15) is 0 Å². The number of carbonyl (C=O) groups is 1. The molecule has 0 bridgehead atoms. The van der Waals surface area contributed by atoms with Gasteiger partial charge in [0.25, 0.3) is 5.56 Å². The smallest absolute Gasteiger partial charge is 0.343 e. The van der Waals surface area contributed by atoms with Gasteiger partial charge < -0.3 is 30.3 Å². The van der Waals surface area contributed by atoms with Gasteiger partial charge in [0.1, 0.15) is 12.4 Å². The van der Waals surface area contributed by atoms with Crippen LogP contribution in [0.25, 0.3) is 22.3 Å². The van der Waals surface area contributed by atoms with Crippen LogP contribution in [-0.4, -0.2) is 62.6 Å². The first kappa shape index (κ1) is 27.0. The van der Waals surface area contributed by atoms with Gasteiger partial charge in [0, 0.05) is 48.4 Å². The van der Waals surface area contributed by atoms with Crippen molar-refractivity contribution < 1.29 is 24.1 Å². The van der Waals surface area contributed by atoms with Crippen LogP contribution in [0.5, 0.6) is 0 Å². The maximum Gasteiger partial charge on any atom is 0.343 e. The van der Waals surface area contributed by atoms with Crippen LogP contribution in [0.4, 0.5) is 4.39 Å². The van der Waals surface area contributed by atoms with E-state index < -0.39 is 11.6 Å². The lowest BCUT2D eigenvalue weighted by atomic mass is 9.81. The summed E-state index contributed by atoms with van der Waals surface area (Å²) in [6.45, 7) is 4.56. The highest BCUT2D eigenvalue weighted by Crippen LogP contribution is 2.46. The molecule has 0 unspecified atom stereocenters. The summed E-state index contributed by atoms with van der Waals surface area (Å²) in [5.41, 5.74) is 7.49. The fourth-order valence-corrected chi connectivity index (χ4v) is 6.96. The highest BCUT2D eigenvalue weighted by molar-refractivity contribution is 5.93. The lowest BCUT2D eigenvalue weighted by Gasteiger charge is -2.31. The number of β-amino-alcohol motifs (C(OH)–C–C–N with tert-alkyl or cyclic N) is 1. The normalized spacial score (nSPS) is 22.5. The SMILES string of the molecule is CC[C@@]1(O)C(=O)OCc2c1cc1n(c2=O)Cc2c-1nc1cc(F)c(C)c3c1c2[C@@H](NCC1=CN(CCO)N(C)N1)CC3. The molecule has 0 fully saturated rings. The van der Waals surface area contributed by atoms with Crippen molar-refractivity contribution >= 4 is 16.9 Å². The maximum atomic E-state index is 15.1. The zero-order valence-electron chi connectivity index (χ0n) is 23.8. The Morgan fingerprint density at radius 2 is 2.07 bits per heavy atom. The molecule has 3 aliphatic heterocycles. The van der Waals surface area contributed by atoms with Crippen LogP contribution in [0.1, 0.15) is 59.2 Å². The molecule has 11 nitrogen and oxygen atoms in total. The lowest BCUT2D eigenvalue weighted by molar-refractivity contribution is -0.172. The zero-order chi connectivity index (χ0) is 29.5. The summed E-state index contributed by atoms with van der Waals surface area (Å²) in [5, 5.41) is 28.9. The molecule has 0 saturated heterocycles. The summed E-state index contributed by atoms with van der Waals surface area (Å²) in [6.07, 6.45) is 3.41. The summed E-state index contributed by atoms with van der Waals surface area (Å²) in [7, 11) is 1.87. The Balaban J connectivity index is 1.37. The number of fused-ring (bicyclic) bond motifs is 5. The van der Waals surface area contributed by atoms with Gasteiger partial charge in [-0.1, -0.05) is 6.92 Å². The third kappa shape index (κ3) is 3.75. The molecule has 0 amide bonds. The molecule has 2 aromatic heterocycles. The number of hydrogen-bond donors (Lipinski definition) is 4. The van der Waals surface area contributed by atoms with Gasteiger partial charge >= 0.3 is 5.97 Å². The Bertz CT molecular complexity index is 1770. The van der Waals surface area contributed by atoms with Crippen molar-refractivity contribution in [3.8, 4) is 11.4 Å². The zero-order valence-corrected chi connectivity index (χ0v) is 23.8. The van der Waals surface area contributed by atoms with E-state index in [4.69, 9.17) is 9.72 Å². The van der Waals surface area contributed by atoms with Crippen molar-refractivity contribution in [2.24, 2.45) is 0 Å².